The fourth-order valence-electron chi connectivity index (χ4n) is 2.49. The van der Waals surface area contributed by atoms with Crippen molar-refractivity contribution in [3.05, 3.63) is 65.5 Å². The van der Waals surface area contributed by atoms with Crippen molar-refractivity contribution >= 4 is 34.1 Å². The van der Waals surface area contributed by atoms with Gasteiger partial charge in [0.25, 0.3) is 5.91 Å². The number of hydrogen-bond donors (Lipinski definition) is 1. The summed E-state index contributed by atoms with van der Waals surface area (Å²) in [6.07, 6.45) is 3.31. The van der Waals surface area contributed by atoms with Crippen molar-refractivity contribution in [2.75, 3.05) is 11.9 Å². The van der Waals surface area contributed by atoms with Crippen LogP contribution in [0.1, 0.15) is 42.1 Å². The van der Waals surface area contributed by atoms with E-state index in [-0.39, 0.29) is 11.7 Å². The molecule has 3 aromatic rings. The van der Waals surface area contributed by atoms with Crippen molar-refractivity contribution in [2.24, 2.45) is 0 Å². The summed E-state index contributed by atoms with van der Waals surface area (Å²) in [5, 5.41) is 11.2. The minimum atomic E-state index is -0.260. The van der Waals surface area contributed by atoms with E-state index in [2.05, 4.69) is 22.4 Å². The molecule has 3 rings (SSSR count). The van der Waals surface area contributed by atoms with E-state index in [9.17, 15) is 9.18 Å². The zero-order chi connectivity index (χ0) is 20.5. The number of thioether (sulfide) groups is 1. The third-order valence-electron chi connectivity index (χ3n) is 4.07. The average molecular weight is 432 g/mol. The Morgan fingerprint density at radius 3 is 2.69 bits per heavy atom. The Bertz CT molecular complexity index is 932. The zero-order valence-corrected chi connectivity index (χ0v) is 17.7. The molecule has 0 unspecified atom stereocenters. The highest BCUT2D eigenvalue weighted by Gasteiger charge is 2.11. The number of hydrogen-bond acceptors (Lipinski definition) is 6. The molecule has 2 aromatic carbocycles. The van der Waals surface area contributed by atoms with Gasteiger partial charge in [-0.25, -0.2) is 4.39 Å². The molecule has 1 amide bonds. The molecule has 29 heavy (non-hydrogen) atoms. The molecule has 0 aliphatic carbocycles. The molecule has 0 spiro atoms. The van der Waals surface area contributed by atoms with E-state index in [0.717, 1.165) is 25.0 Å². The number of ether oxygens (including phenoxy) is 1. The standard InChI is InChI=1S/C21H22FN3O2S2/c1-2-3-6-13-27-17-11-9-15(10-12-17)19(26)23-20-24-25-21(29-20)28-14-16-7-4-5-8-18(16)22/h4-5,7-12H,2-3,6,13-14H2,1H3,(H,23,24,26). The molecule has 0 aliphatic rings. The first-order valence-electron chi connectivity index (χ1n) is 9.39. The van der Waals surface area contributed by atoms with Crippen molar-refractivity contribution in [3.63, 3.8) is 0 Å². The Morgan fingerprint density at radius 2 is 1.93 bits per heavy atom. The summed E-state index contributed by atoms with van der Waals surface area (Å²) in [6.45, 7) is 2.83. The molecule has 0 saturated carbocycles. The molecular weight excluding hydrogens is 409 g/mol. The summed E-state index contributed by atoms with van der Waals surface area (Å²) in [6, 6.07) is 13.7. The van der Waals surface area contributed by atoms with Crippen LogP contribution in [0.3, 0.4) is 0 Å². The molecule has 0 radical (unpaired) electrons. The van der Waals surface area contributed by atoms with E-state index in [1.54, 1.807) is 42.5 Å². The zero-order valence-electron chi connectivity index (χ0n) is 16.1. The van der Waals surface area contributed by atoms with Crippen LogP contribution in [-0.4, -0.2) is 22.7 Å². The molecule has 1 heterocycles. The minimum absolute atomic E-state index is 0.240. The summed E-state index contributed by atoms with van der Waals surface area (Å²) >= 11 is 2.64. The molecular formula is C21H22FN3O2S2. The quantitative estimate of drug-likeness (QED) is 0.250. The number of nitrogens with one attached hydrogen (secondary N) is 1. The van der Waals surface area contributed by atoms with Gasteiger partial charge in [0.2, 0.25) is 5.13 Å². The minimum Gasteiger partial charge on any atom is -0.494 e. The van der Waals surface area contributed by atoms with Gasteiger partial charge in [0, 0.05) is 11.3 Å². The van der Waals surface area contributed by atoms with Gasteiger partial charge in [-0.3, -0.25) is 10.1 Å². The Hall–Kier alpha value is -2.45. The molecule has 1 aromatic heterocycles. The van der Waals surface area contributed by atoms with Gasteiger partial charge in [0.15, 0.2) is 4.34 Å². The lowest BCUT2D eigenvalue weighted by atomic mass is 10.2. The highest BCUT2D eigenvalue weighted by molar-refractivity contribution is 8.00. The van der Waals surface area contributed by atoms with E-state index in [1.165, 1.54) is 29.2 Å². The van der Waals surface area contributed by atoms with E-state index in [1.807, 2.05) is 0 Å². The smallest absolute Gasteiger partial charge is 0.257 e. The lowest BCUT2D eigenvalue weighted by Gasteiger charge is -2.06. The van der Waals surface area contributed by atoms with E-state index >= 15 is 0 Å². The summed E-state index contributed by atoms with van der Waals surface area (Å²) < 4.78 is 20.0. The van der Waals surface area contributed by atoms with Crippen LogP contribution >= 0.6 is 23.1 Å². The first-order valence-corrected chi connectivity index (χ1v) is 11.2. The molecule has 1 N–H and O–H groups in total. The highest BCUT2D eigenvalue weighted by Crippen LogP contribution is 2.29. The number of unbranched alkanes of at least 4 members (excludes halogenated alkanes) is 2. The largest absolute Gasteiger partial charge is 0.494 e. The Morgan fingerprint density at radius 1 is 1.14 bits per heavy atom. The molecule has 152 valence electrons. The van der Waals surface area contributed by atoms with Crippen LogP contribution < -0.4 is 10.1 Å². The number of carbonyl (C=O) groups excluding carboxylic acids is 1. The number of carbonyl (C=O) groups is 1. The SMILES string of the molecule is CCCCCOc1ccc(C(=O)Nc2nnc(SCc3ccccc3F)s2)cc1. The molecule has 5 nitrogen and oxygen atoms in total. The summed E-state index contributed by atoms with van der Waals surface area (Å²) in [5.41, 5.74) is 1.12. The van der Waals surface area contributed by atoms with Crippen LogP contribution in [0.5, 0.6) is 5.75 Å². The van der Waals surface area contributed by atoms with Crippen molar-refractivity contribution in [2.45, 2.75) is 36.3 Å². The molecule has 0 aliphatic heterocycles. The number of nitrogens with zero attached hydrogens (tertiary/aromatic N) is 2. The van der Waals surface area contributed by atoms with E-state index in [0.29, 0.717) is 33.0 Å². The first kappa shape index (κ1) is 21.3. The van der Waals surface area contributed by atoms with Crippen LogP contribution in [0, 0.1) is 5.82 Å². The van der Waals surface area contributed by atoms with Gasteiger partial charge in [0.1, 0.15) is 11.6 Å². The lowest BCUT2D eigenvalue weighted by molar-refractivity contribution is 0.102. The van der Waals surface area contributed by atoms with Gasteiger partial charge in [-0.1, -0.05) is 61.1 Å². The Labute approximate surface area is 177 Å². The molecule has 8 heteroatoms. The number of amides is 1. The maximum atomic E-state index is 13.7. The van der Waals surface area contributed by atoms with Crippen molar-refractivity contribution in [1.29, 1.82) is 0 Å². The Kier molecular flexibility index (Phi) is 8.01. The van der Waals surface area contributed by atoms with Crippen molar-refractivity contribution in [1.82, 2.24) is 10.2 Å². The number of rotatable bonds is 10. The van der Waals surface area contributed by atoms with Gasteiger partial charge < -0.3 is 4.74 Å². The van der Waals surface area contributed by atoms with Crippen molar-refractivity contribution < 1.29 is 13.9 Å². The normalized spacial score (nSPS) is 10.7. The fraction of sp³-hybridized carbons (Fsp3) is 0.286. The maximum Gasteiger partial charge on any atom is 0.257 e. The van der Waals surface area contributed by atoms with Crippen LogP contribution in [0.15, 0.2) is 52.9 Å². The Balaban J connectivity index is 1.50. The highest BCUT2D eigenvalue weighted by atomic mass is 32.2. The number of benzene rings is 2. The summed E-state index contributed by atoms with van der Waals surface area (Å²) in [4.78, 5) is 12.4. The predicted octanol–water partition coefficient (Wildman–Crippen LogP) is 5.79. The first-order chi connectivity index (χ1) is 14.2. The fourth-order valence-corrected chi connectivity index (χ4v) is 4.22. The van der Waals surface area contributed by atoms with Crippen LogP contribution in [0.4, 0.5) is 9.52 Å². The lowest BCUT2D eigenvalue weighted by Crippen LogP contribution is -2.11. The summed E-state index contributed by atoms with van der Waals surface area (Å²) in [7, 11) is 0. The predicted molar refractivity (Wildman–Crippen MR) is 115 cm³/mol. The average Bonchev–Trinajstić information content (AvgIpc) is 3.18. The number of halogens is 1. The summed E-state index contributed by atoms with van der Waals surface area (Å²) in [5.74, 6) is 0.704. The van der Waals surface area contributed by atoms with Gasteiger partial charge in [-0.15, -0.1) is 10.2 Å². The van der Waals surface area contributed by atoms with E-state index < -0.39 is 0 Å². The second kappa shape index (κ2) is 10.9. The number of anilines is 1. The van der Waals surface area contributed by atoms with Gasteiger partial charge in [0.05, 0.1) is 6.61 Å². The monoisotopic (exact) mass is 431 g/mol. The van der Waals surface area contributed by atoms with Crippen LogP contribution in [-0.2, 0) is 5.75 Å². The van der Waals surface area contributed by atoms with E-state index in [4.69, 9.17) is 4.74 Å². The van der Waals surface area contributed by atoms with Crippen LogP contribution in [0.25, 0.3) is 0 Å². The van der Waals surface area contributed by atoms with Crippen molar-refractivity contribution in [3.8, 4) is 5.75 Å². The molecule has 0 atom stereocenters. The van der Waals surface area contributed by atoms with Gasteiger partial charge in [-0.05, 0) is 42.3 Å². The van der Waals surface area contributed by atoms with Gasteiger partial charge in [-0.2, -0.15) is 0 Å². The topological polar surface area (TPSA) is 64.1 Å². The number of aromatic nitrogens is 2. The molecule has 0 saturated heterocycles. The second-order valence-electron chi connectivity index (χ2n) is 6.29. The molecule has 0 bridgehead atoms. The molecule has 0 fully saturated rings. The maximum absolute atomic E-state index is 13.7. The van der Waals surface area contributed by atoms with Gasteiger partial charge >= 0.3 is 0 Å². The second-order valence-corrected chi connectivity index (χ2v) is 8.49. The third-order valence-corrected chi connectivity index (χ3v) is 6.09. The van der Waals surface area contributed by atoms with Crippen LogP contribution in [0.2, 0.25) is 0 Å². The third kappa shape index (κ3) is 6.54.